The van der Waals surface area contributed by atoms with E-state index in [0.717, 1.165) is 16.1 Å². The van der Waals surface area contributed by atoms with Crippen LogP contribution in [-0.2, 0) is 10.0 Å². The Kier molecular flexibility index (Phi) is 6.71. The Labute approximate surface area is 196 Å². The molecule has 0 saturated carbocycles. The first-order chi connectivity index (χ1) is 15.3. The van der Waals surface area contributed by atoms with Gasteiger partial charge in [-0.25, -0.2) is 13.4 Å². The zero-order valence-electron chi connectivity index (χ0n) is 17.3. The molecule has 3 heterocycles. The molecule has 1 saturated heterocycles. The summed E-state index contributed by atoms with van der Waals surface area (Å²) in [6.07, 6.45) is 4.92. The second-order valence-corrected chi connectivity index (χ2v) is 10.5. The first-order valence-electron chi connectivity index (χ1n) is 9.94. The summed E-state index contributed by atoms with van der Waals surface area (Å²) in [6.45, 7) is 2.96. The number of pyridine rings is 1. The van der Waals surface area contributed by atoms with Crippen LogP contribution >= 0.6 is 22.9 Å². The van der Waals surface area contributed by atoms with E-state index in [2.05, 4.69) is 9.97 Å². The highest BCUT2D eigenvalue weighted by Crippen LogP contribution is 2.28. The molecule has 0 aliphatic carbocycles. The number of carbonyl (C=O) groups excluding carboxylic acids is 1. The summed E-state index contributed by atoms with van der Waals surface area (Å²) in [5.74, 6) is -0.117. The Hall–Kier alpha value is -2.59. The maximum atomic E-state index is 13.1. The Morgan fingerprint density at radius 3 is 2.38 bits per heavy atom. The van der Waals surface area contributed by atoms with Crippen molar-refractivity contribution in [1.82, 2.24) is 19.2 Å². The summed E-state index contributed by atoms with van der Waals surface area (Å²) in [5.41, 5.74) is 2.33. The van der Waals surface area contributed by atoms with Crippen LogP contribution in [0.1, 0.15) is 20.9 Å². The summed E-state index contributed by atoms with van der Waals surface area (Å²) in [5, 5.41) is 2.55. The number of piperazine rings is 1. The van der Waals surface area contributed by atoms with E-state index in [1.807, 2.05) is 19.1 Å². The van der Waals surface area contributed by atoms with Crippen molar-refractivity contribution in [3.05, 3.63) is 75.4 Å². The third-order valence-corrected chi connectivity index (χ3v) is 8.12. The van der Waals surface area contributed by atoms with E-state index in [1.165, 1.54) is 21.1 Å². The van der Waals surface area contributed by atoms with Crippen molar-refractivity contribution >= 4 is 44.9 Å². The monoisotopic (exact) mass is 488 g/mol. The van der Waals surface area contributed by atoms with Crippen LogP contribution in [0.15, 0.2) is 54.2 Å². The lowest BCUT2D eigenvalue weighted by atomic mass is 10.2. The van der Waals surface area contributed by atoms with Crippen LogP contribution in [0.5, 0.6) is 0 Å². The van der Waals surface area contributed by atoms with Crippen molar-refractivity contribution in [1.29, 1.82) is 0 Å². The molecule has 10 heteroatoms. The summed E-state index contributed by atoms with van der Waals surface area (Å²) in [4.78, 5) is 23.9. The molecule has 0 bridgehead atoms. The molecule has 3 aromatic rings. The highest BCUT2D eigenvalue weighted by Gasteiger charge is 2.29. The van der Waals surface area contributed by atoms with Crippen LogP contribution in [0.25, 0.3) is 16.6 Å². The number of rotatable bonds is 5. The summed E-state index contributed by atoms with van der Waals surface area (Å²) in [6, 6.07) is 10.6. The molecule has 4 rings (SSSR count). The van der Waals surface area contributed by atoms with Gasteiger partial charge in [0, 0.05) is 54.6 Å². The maximum Gasteiger partial charge on any atom is 0.265 e. The third kappa shape index (κ3) is 5.07. The third-order valence-electron chi connectivity index (χ3n) is 5.11. The Bertz CT molecular complexity index is 1230. The lowest BCUT2D eigenvalue weighted by molar-refractivity contribution is 0.0702. The van der Waals surface area contributed by atoms with Gasteiger partial charge < -0.3 is 4.90 Å². The highest BCUT2D eigenvalue weighted by molar-refractivity contribution is 7.92. The number of sulfonamides is 1. The zero-order chi connectivity index (χ0) is 22.7. The number of carbonyl (C=O) groups is 1. The summed E-state index contributed by atoms with van der Waals surface area (Å²) in [7, 11) is -3.58. The molecule has 2 aromatic heterocycles. The first-order valence-corrected chi connectivity index (χ1v) is 12.6. The number of nitrogens with zero attached hydrogens (tertiary/aromatic N) is 4. The van der Waals surface area contributed by atoms with E-state index in [4.69, 9.17) is 11.6 Å². The van der Waals surface area contributed by atoms with E-state index in [9.17, 15) is 13.2 Å². The fourth-order valence-electron chi connectivity index (χ4n) is 3.33. The molecule has 0 radical (unpaired) electrons. The van der Waals surface area contributed by atoms with Crippen LogP contribution < -0.4 is 0 Å². The van der Waals surface area contributed by atoms with Gasteiger partial charge in [-0.15, -0.1) is 11.3 Å². The average molecular weight is 489 g/mol. The zero-order valence-corrected chi connectivity index (χ0v) is 19.7. The van der Waals surface area contributed by atoms with E-state index in [1.54, 1.807) is 47.6 Å². The van der Waals surface area contributed by atoms with Gasteiger partial charge in [-0.2, -0.15) is 4.31 Å². The van der Waals surface area contributed by atoms with E-state index in [0.29, 0.717) is 28.7 Å². The lowest BCUT2D eigenvalue weighted by Crippen LogP contribution is -2.50. The standard InChI is InChI=1S/C22H21ClN4O3S2/c1-16-20(31-21(25-16)18-6-9-24-10-7-18)22(28)26-11-13-27(14-12-26)32(29,30)15-8-17-2-4-19(23)5-3-17/h2-10,15H,11-14H2,1H3/b15-8+. The van der Waals surface area contributed by atoms with Gasteiger partial charge in [0.1, 0.15) is 9.88 Å². The van der Waals surface area contributed by atoms with Gasteiger partial charge in [-0.3, -0.25) is 9.78 Å². The molecule has 166 valence electrons. The van der Waals surface area contributed by atoms with Crippen LogP contribution in [-0.4, -0.2) is 59.7 Å². The van der Waals surface area contributed by atoms with E-state index < -0.39 is 10.0 Å². The molecule has 0 spiro atoms. The number of benzene rings is 1. The molecule has 0 atom stereocenters. The van der Waals surface area contributed by atoms with E-state index >= 15 is 0 Å². The normalized spacial score (nSPS) is 15.4. The number of aryl methyl sites for hydroxylation is 1. The van der Waals surface area contributed by atoms with Gasteiger partial charge in [-0.1, -0.05) is 23.7 Å². The molecule has 1 amide bonds. The average Bonchev–Trinajstić information content (AvgIpc) is 3.20. The summed E-state index contributed by atoms with van der Waals surface area (Å²) >= 11 is 7.21. The van der Waals surface area contributed by atoms with Crippen LogP contribution in [0.2, 0.25) is 5.02 Å². The van der Waals surface area contributed by atoms with Crippen LogP contribution in [0, 0.1) is 6.92 Å². The second kappa shape index (κ2) is 9.50. The van der Waals surface area contributed by atoms with Gasteiger partial charge in [0.05, 0.1) is 5.69 Å². The molecular weight excluding hydrogens is 468 g/mol. The highest BCUT2D eigenvalue weighted by atomic mass is 35.5. The molecule has 1 aliphatic rings. The number of hydrogen-bond acceptors (Lipinski definition) is 6. The molecule has 1 fully saturated rings. The molecular formula is C22H21ClN4O3S2. The van der Waals surface area contributed by atoms with Gasteiger partial charge in [-0.05, 0) is 42.8 Å². The van der Waals surface area contributed by atoms with Gasteiger partial charge in [0.25, 0.3) is 5.91 Å². The number of hydrogen-bond donors (Lipinski definition) is 0. The van der Waals surface area contributed by atoms with Crippen LogP contribution in [0.3, 0.4) is 0 Å². The fourth-order valence-corrected chi connectivity index (χ4v) is 5.67. The van der Waals surface area contributed by atoms with E-state index in [-0.39, 0.29) is 19.0 Å². The van der Waals surface area contributed by atoms with Gasteiger partial charge >= 0.3 is 0 Å². The van der Waals surface area contributed by atoms with Crippen molar-refractivity contribution < 1.29 is 13.2 Å². The smallest absolute Gasteiger partial charge is 0.265 e. The van der Waals surface area contributed by atoms with Crippen molar-refractivity contribution in [2.75, 3.05) is 26.2 Å². The minimum Gasteiger partial charge on any atom is -0.335 e. The quantitative estimate of drug-likeness (QED) is 0.543. The minimum absolute atomic E-state index is 0.117. The predicted octanol–water partition coefficient (Wildman–Crippen LogP) is 3.93. The van der Waals surface area contributed by atoms with Crippen molar-refractivity contribution in [2.45, 2.75) is 6.92 Å². The first kappa shape index (κ1) is 22.6. The molecule has 7 nitrogen and oxygen atoms in total. The van der Waals surface area contributed by atoms with Gasteiger partial charge in [0.2, 0.25) is 10.0 Å². The molecule has 1 aromatic carbocycles. The Balaban J connectivity index is 1.40. The topological polar surface area (TPSA) is 83.5 Å². The van der Waals surface area contributed by atoms with Gasteiger partial charge in [0.15, 0.2) is 0 Å². The Morgan fingerprint density at radius 2 is 1.72 bits per heavy atom. The maximum absolute atomic E-state index is 13.1. The number of amides is 1. The Morgan fingerprint density at radius 1 is 1.06 bits per heavy atom. The predicted molar refractivity (Wildman–Crippen MR) is 127 cm³/mol. The number of thiazole rings is 1. The van der Waals surface area contributed by atoms with Crippen LogP contribution in [0.4, 0.5) is 0 Å². The lowest BCUT2D eigenvalue weighted by Gasteiger charge is -2.33. The van der Waals surface area contributed by atoms with Crippen molar-refractivity contribution in [3.8, 4) is 10.6 Å². The molecule has 32 heavy (non-hydrogen) atoms. The summed E-state index contributed by atoms with van der Waals surface area (Å²) < 4.78 is 26.8. The molecule has 0 N–H and O–H groups in total. The molecule has 0 unspecified atom stereocenters. The van der Waals surface area contributed by atoms with Crippen molar-refractivity contribution in [2.24, 2.45) is 0 Å². The minimum atomic E-state index is -3.58. The number of aromatic nitrogens is 2. The SMILES string of the molecule is Cc1nc(-c2ccncc2)sc1C(=O)N1CCN(S(=O)(=O)/C=C/c2ccc(Cl)cc2)CC1. The second-order valence-electron chi connectivity index (χ2n) is 7.26. The fraction of sp³-hybridized carbons (Fsp3) is 0.227. The molecule has 1 aliphatic heterocycles. The van der Waals surface area contributed by atoms with Crippen molar-refractivity contribution in [3.63, 3.8) is 0 Å². The number of halogens is 1. The largest absolute Gasteiger partial charge is 0.335 e.